The molecule has 0 aromatic heterocycles. The van der Waals surface area contributed by atoms with Gasteiger partial charge in [-0.2, -0.15) is 0 Å². The maximum atomic E-state index is 3.66. The summed E-state index contributed by atoms with van der Waals surface area (Å²) >= 11 is 0. The number of hydrogen-bond acceptors (Lipinski definition) is 1. The van der Waals surface area contributed by atoms with Crippen molar-refractivity contribution in [2.45, 2.75) is 77.0 Å². The van der Waals surface area contributed by atoms with Gasteiger partial charge in [0.2, 0.25) is 0 Å². The second-order valence-corrected chi connectivity index (χ2v) is 6.34. The van der Waals surface area contributed by atoms with Crippen LogP contribution in [-0.2, 0) is 0 Å². The van der Waals surface area contributed by atoms with E-state index < -0.39 is 0 Å². The molecule has 2 fully saturated rings. The molecule has 17 heavy (non-hydrogen) atoms. The van der Waals surface area contributed by atoms with Crippen LogP contribution in [0.15, 0.2) is 0 Å². The van der Waals surface area contributed by atoms with Crippen LogP contribution in [0.25, 0.3) is 0 Å². The zero-order valence-electron chi connectivity index (χ0n) is 11.6. The van der Waals surface area contributed by atoms with Gasteiger partial charge in [-0.15, -0.1) is 0 Å². The quantitative estimate of drug-likeness (QED) is 0.642. The Morgan fingerprint density at radius 2 is 1.24 bits per heavy atom. The van der Waals surface area contributed by atoms with Crippen LogP contribution in [0.1, 0.15) is 77.0 Å². The summed E-state index contributed by atoms with van der Waals surface area (Å²) in [5.74, 6) is 2.13. The van der Waals surface area contributed by atoms with E-state index in [0.717, 1.165) is 11.8 Å². The van der Waals surface area contributed by atoms with Crippen molar-refractivity contribution in [1.29, 1.82) is 0 Å². The zero-order valence-corrected chi connectivity index (χ0v) is 11.6. The highest BCUT2D eigenvalue weighted by molar-refractivity contribution is 4.69. The molecule has 2 saturated carbocycles. The third-order valence-corrected chi connectivity index (χ3v) is 4.89. The largest absolute Gasteiger partial charge is 0.317 e. The van der Waals surface area contributed by atoms with Crippen LogP contribution >= 0.6 is 0 Å². The zero-order chi connectivity index (χ0) is 11.8. The van der Waals surface area contributed by atoms with Gasteiger partial charge in [-0.05, 0) is 44.2 Å². The molecule has 0 bridgehead atoms. The summed E-state index contributed by atoms with van der Waals surface area (Å²) in [6.45, 7) is 2.54. The number of nitrogens with one attached hydrogen (secondary N) is 1. The summed E-state index contributed by atoms with van der Waals surface area (Å²) in [4.78, 5) is 0. The molecule has 100 valence electrons. The van der Waals surface area contributed by atoms with Crippen LogP contribution in [0, 0.1) is 11.8 Å². The van der Waals surface area contributed by atoms with Gasteiger partial charge in [-0.3, -0.25) is 0 Å². The molecular weight excluding hydrogens is 206 g/mol. The van der Waals surface area contributed by atoms with E-state index in [0.29, 0.717) is 0 Å². The summed E-state index contributed by atoms with van der Waals surface area (Å²) in [6, 6.07) is 0. The van der Waals surface area contributed by atoms with Crippen LogP contribution in [-0.4, -0.2) is 13.1 Å². The lowest BCUT2D eigenvalue weighted by molar-refractivity contribution is 0.333. The number of hydrogen-bond donors (Lipinski definition) is 1. The van der Waals surface area contributed by atoms with E-state index in [-0.39, 0.29) is 0 Å². The first-order chi connectivity index (χ1) is 8.45. The minimum absolute atomic E-state index is 1.05. The summed E-state index contributed by atoms with van der Waals surface area (Å²) in [5.41, 5.74) is 0. The van der Waals surface area contributed by atoms with Crippen LogP contribution in [0.4, 0.5) is 0 Å². The van der Waals surface area contributed by atoms with Gasteiger partial charge in [-0.25, -0.2) is 0 Å². The third-order valence-electron chi connectivity index (χ3n) is 4.89. The molecule has 0 radical (unpaired) electrons. The van der Waals surface area contributed by atoms with Gasteiger partial charge in [0.05, 0.1) is 0 Å². The van der Waals surface area contributed by atoms with Gasteiger partial charge in [0.25, 0.3) is 0 Å². The highest BCUT2D eigenvalue weighted by atomic mass is 14.8. The topological polar surface area (TPSA) is 12.0 Å². The molecule has 0 unspecified atom stereocenters. The Morgan fingerprint density at radius 3 is 1.94 bits per heavy atom. The molecule has 0 spiro atoms. The molecule has 2 aliphatic rings. The summed E-state index contributed by atoms with van der Waals surface area (Å²) in [7, 11) is 0. The second-order valence-electron chi connectivity index (χ2n) is 6.34. The van der Waals surface area contributed by atoms with Crippen LogP contribution in [0.5, 0.6) is 0 Å². The molecule has 0 aromatic rings. The monoisotopic (exact) mass is 237 g/mol. The van der Waals surface area contributed by atoms with Crippen molar-refractivity contribution in [3.63, 3.8) is 0 Å². The van der Waals surface area contributed by atoms with Crippen LogP contribution in [0.2, 0.25) is 0 Å². The number of rotatable bonds is 7. The molecule has 0 atom stereocenters. The summed E-state index contributed by atoms with van der Waals surface area (Å²) in [6.07, 6.45) is 17.8. The second kappa shape index (κ2) is 8.13. The van der Waals surface area contributed by atoms with Gasteiger partial charge in [0.1, 0.15) is 0 Å². The van der Waals surface area contributed by atoms with E-state index in [1.54, 1.807) is 0 Å². The van der Waals surface area contributed by atoms with E-state index >= 15 is 0 Å². The van der Waals surface area contributed by atoms with Crippen molar-refractivity contribution < 1.29 is 0 Å². The van der Waals surface area contributed by atoms with Crippen molar-refractivity contribution in [2.75, 3.05) is 13.1 Å². The Labute approximate surface area is 108 Å². The van der Waals surface area contributed by atoms with E-state index in [2.05, 4.69) is 5.32 Å². The van der Waals surface area contributed by atoms with Gasteiger partial charge in [0, 0.05) is 0 Å². The third kappa shape index (κ3) is 5.42. The van der Waals surface area contributed by atoms with Crippen molar-refractivity contribution >= 4 is 0 Å². The molecule has 0 aliphatic heterocycles. The molecule has 0 amide bonds. The Balaban J connectivity index is 1.38. The molecule has 1 nitrogen and oxygen atoms in total. The van der Waals surface area contributed by atoms with E-state index in [4.69, 9.17) is 0 Å². The first-order valence-electron chi connectivity index (χ1n) is 8.16. The molecule has 1 heteroatoms. The minimum Gasteiger partial charge on any atom is -0.317 e. The lowest BCUT2D eigenvalue weighted by atomic mass is 9.87. The minimum atomic E-state index is 1.05. The smallest absolute Gasteiger partial charge is 0.00463 e. The van der Waals surface area contributed by atoms with Crippen molar-refractivity contribution in [3.05, 3.63) is 0 Å². The Hall–Kier alpha value is -0.0400. The van der Waals surface area contributed by atoms with Crippen LogP contribution < -0.4 is 5.32 Å². The Bertz CT molecular complexity index is 178. The average Bonchev–Trinajstić information content (AvgIpc) is 2.88. The van der Waals surface area contributed by atoms with E-state index in [9.17, 15) is 0 Å². The first-order valence-corrected chi connectivity index (χ1v) is 8.16. The normalized spacial score (nSPS) is 23.3. The molecule has 0 saturated heterocycles. The fraction of sp³-hybridized carbons (Fsp3) is 1.00. The fourth-order valence-electron chi connectivity index (χ4n) is 3.72. The maximum Gasteiger partial charge on any atom is -0.00463 e. The predicted molar refractivity (Wildman–Crippen MR) is 75.3 cm³/mol. The average molecular weight is 237 g/mol. The fourth-order valence-corrected chi connectivity index (χ4v) is 3.72. The molecule has 1 N–H and O–H groups in total. The molecule has 0 aromatic carbocycles. The van der Waals surface area contributed by atoms with E-state index in [1.807, 2.05) is 0 Å². The lowest BCUT2D eigenvalue weighted by Crippen LogP contribution is -2.20. The highest BCUT2D eigenvalue weighted by Crippen LogP contribution is 2.28. The molecular formula is C16H31N. The standard InChI is InChI=1S/C16H31N/c1-2-7-16(8-3-1)12-14-17-13-6-11-15-9-4-5-10-15/h15-17H,1-14H2. The van der Waals surface area contributed by atoms with Crippen molar-refractivity contribution in [1.82, 2.24) is 5.32 Å². The summed E-state index contributed by atoms with van der Waals surface area (Å²) < 4.78 is 0. The highest BCUT2D eigenvalue weighted by Gasteiger charge is 2.14. The first kappa shape index (κ1) is 13.4. The van der Waals surface area contributed by atoms with Crippen LogP contribution in [0.3, 0.4) is 0 Å². The van der Waals surface area contributed by atoms with E-state index in [1.165, 1.54) is 90.1 Å². The SMILES string of the molecule is C1CCC(CCNCCCC2CCCC2)CC1. The molecule has 2 rings (SSSR count). The van der Waals surface area contributed by atoms with Crippen molar-refractivity contribution in [3.8, 4) is 0 Å². The molecule has 0 heterocycles. The van der Waals surface area contributed by atoms with Gasteiger partial charge in [-0.1, -0.05) is 57.8 Å². The lowest BCUT2D eigenvalue weighted by Gasteiger charge is -2.21. The Kier molecular flexibility index (Phi) is 6.41. The predicted octanol–water partition coefficient (Wildman–Crippen LogP) is 4.52. The van der Waals surface area contributed by atoms with Gasteiger partial charge >= 0.3 is 0 Å². The molecule has 2 aliphatic carbocycles. The van der Waals surface area contributed by atoms with Crippen molar-refractivity contribution in [2.24, 2.45) is 11.8 Å². The summed E-state index contributed by atoms with van der Waals surface area (Å²) in [5, 5.41) is 3.66. The maximum absolute atomic E-state index is 3.66. The Morgan fingerprint density at radius 1 is 0.647 bits per heavy atom. The van der Waals surface area contributed by atoms with Gasteiger partial charge in [0.15, 0.2) is 0 Å². The van der Waals surface area contributed by atoms with Gasteiger partial charge < -0.3 is 5.32 Å².